The molecule has 0 aliphatic carbocycles. The second kappa shape index (κ2) is 6.20. The number of nitrogens with zero attached hydrogens (tertiary/aromatic N) is 1. The third-order valence-electron chi connectivity index (χ3n) is 3.80. The molecular weight excluding hydrogens is 290 g/mol. The Hall–Kier alpha value is -2.69. The second-order valence-electron chi connectivity index (χ2n) is 5.95. The molecule has 23 heavy (non-hydrogen) atoms. The van der Waals surface area contributed by atoms with Gasteiger partial charge in [0.15, 0.2) is 0 Å². The summed E-state index contributed by atoms with van der Waals surface area (Å²) in [5, 5.41) is 2.93. The fraction of sp³-hybridized carbons (Fsp3) is 0.278. The number of hydrogen-bond acceptors (Lipinski definition) is 4. The number of amides is 1. The number of fused-ring (bicyclic) bond motifs is 1. The lowest BCUT2D eigenvalue weighted by Gasteiger charge is -2.34. The number of aryl methyl sites for hydroxylation is 1. The quantitative estimate of drug-likeness (QED) is 0.855. The van der Waals surface area contributed by atoms with Gasteiger partial charge in [-0.05, 0) is 38.1 Å². The molecule has 3 N–H and O–H groups in total. The van der Waals surface area contributed by atoms with Crippen molar-refractivity contribution < 1.29 is 9.53 Å². The molecule has 2 aromatic rings. The smallest absolute Gasteiger partial charge is 0.243 e. The van der Waals surface area contributed by atoms with Crippen molar-refractivity contribution in [2.45, 2.75) is 20.0 Å². The zero-order valence-corrected chi connectivity index (χ0v) is 13.4. The minimum absolute atomic E-state index is 0.0106. The maximum atomic E-state index is 12.3. The number of nitrogen functional groups attached to an aromatic ring is 1. The molecule has 3 rings (SSSR count). The van der Waals surface area contributed by atoms with E-state index < -0.39 is 0 Å². The van der Waals surface area contributed by atoms with Crippen LogP contribution in [0.5, 0.6) is 5.75 Å². The van der Waals surface area contributed by atoms with Gasteiger partial charge in [0.25, 0.3) is 0 Å². The summed E-state index contributed by atoms with van der Waals surface area (Å²) in [7, 11) is 0. The van der Waals surface area contributed by atoms with Gasteiger partial charge in [-0.2, -0.15) is 0 Å². The van der Waals surface area contributed by atoms with E-state index >= 15 is 0 Å². The fourth-order valence-electron chi connectivity index (χ4n) is 2.71. The Morgan fingerprint density at radius 1 is 1.30 bits per heavy atom. The van der Waals surface area contributed by atoms with E-state index in [1.165, 1.54) is 0 Å². The summed E-state index contributed by atoms with van der Waals surface area (Å²) in [4.78, 5) is 14.4. The summed E-state index contributed by atoms with van der Waals surface area (Å²) in [6, 6.07) is 13.3. The Balaban J connectivity index is 1.72. The van der Waals surface area contributed by atoms with Crippen LogP contribution in [0.25, 0.3) is 0 Å². The lowest BCUT2D eigenvalue weighted by atomic mass is 10.2. The fourth-order valence-corrected chi connectivity index (χ4v) is 2.71. The van der Waals surface area contributed by atoms with E-state index in [0.717, 1.165) is 22.7 Å². The molecule has 5 heteroatoms. The van der Waals surface area contributed by atoms with Crippen LogP contribution in [-0.4, -0.2) is 25.1 Å². The highest BCUT2D eigenvalue weighted by atomic mass is 16.5. The molecule has 0 spiro atoms. The van der Waals surface area contributed by atoms with Crippen LogP contribution in [0.4, 0.5) is 17.1 Å². The summed E-state index contributed by atoms with van der Waals surface area (Å²) in [5.74, 6) is 0.678. The van der Waals surface area contributed by atoms with E-state index in [4.69, 9.17) is 10.5 Å². The lowest BCUT2D eigenvalue weighted by Crippen LogP contribution is -2.42. The number of carbonyl (C=O) groups excluding carboxylic acids is 1. The summed E-state index contributed by atoms with van der Waals surface area (Å²) < 4.78 is 5.80. The molecule has 1 atom stereocenters. The van der Waals surface area contributed by atoms with Crippen molar-refractivity contribution >= 4 is 23.0 Å². The van der Waals surface area contributed by atoms with Crippen molar-refractivity contribution in [3.63, 3.8) is 0 Å². The van der Waals surface area contributed by atoms with Crippen LogP contribution in [0.2, 0.25) is 0 Å². The summed E-state index contributed by atoms with van der Waals surface area (Å²) >= 11 is 0. The number of benzene rings is 2. The molecule has 0 aromatic heterocycles. The van der Waals surface area contributed by atoms with E-state index in [1.807, 2.05) is 55.1 Å². The highest BCUT2D eigenvalue weighted by Gasteiger charge is 2.24. The van der Waals surface area contributed by atoms with Crippen molar-refractivity contribution in [1.29, 1.82) is 0 Å². The molecule has 1 amide bonds. The zero-order chi connectivity index (χ0) is 16.4. The van der Waals surface area contributed by atoms with Crippen molar-refractivity contribution in [2.75, 3.05) is 29.0 Å². The molecule has 120 valence electrons. The van der Waals surface area contributed by atoms with Crippen LogP contribution in [0.1, 0.15) is 12.5 Å². The van der Waals surface area contributed by atoms with E-state index in [9.17, 15) is 4.79 Å². The van der Waals surface area contributed by atoms with Crippen molar-refractivity contribution in [3.05, 3.63) is 48.0 Å². The van der Waals surface area contributed by atoms with Gasteiger partial charge < -0.3 is 20.7 Å². The average molecular weight is 311 g/mol. The maximum absolute atomic E-state index is 12.3. The number of carbonyl (C=O) groups is 1. The molecule has 1 aliphatic heterocycles. The molecule has 1 heterocycles. The average Bonchev–Trinajstić information content (AvgIpc) is 2.49. The first-order valence-corrected chi connectivity index (χ1v) is 7.69. The predicted molar refractivity (Wildman–Crippen MR) is 93.0 cm³/mol. The van der Waals surface area contributed by atoms with Gasteiger partial charge in [-0.15, -0.1) is 0 Å². The van der Waals surface area contributed by atoms with Crippen LogP contribution in [0, 0.1) is 6.92 Å². The number of nitrogens with one attached hydrogen (secondary N) is 1. The molecule has 0 bridgehead atoms. The molecule has 1 unspecified atom stereocenters. The molecule has 5 nitrogen and oxygen atoms in total. The molecule has 0 saturated carbocycles. The van der Waals surface area contributed by atoms with E-state index in [2.05, 4.69) is 5.32 Å². The van der Waals surface area contributed by atoms with Crippen LogP contribution < -0.4 is 20.7 Å². The predicted octanol–water partition coefficient (Wildman–Crippen LogP) is 2.80. The summed E-state index contributed by atoms with van der Waals surface area (Å²) in [6.45, 7) is 4.94. The molecule has 1 aliphatic rings. The van der Waals surface area contributed by atoms with Gasteiger partial charge in [0.1, 0.15) is 11.9 Å². The van der Waals surface area contributed by atoms with Gasteiger partial charge in [-0.1, -0.05) is 17.7 Å². The highest BCUT2D eigenvalue weighted by Crippen LogP contribution is 2.34. The monoisotopic (exact) mass is 311 g/mol. The summed E-state index contributed by atoms with van der Waals surface area (Å²) in [6.07, 6.45) is 0.0106. The third kappa shape index (κ3) is 3.56. The first-order chi connectivity index (χ1) is 11.0. The zero-order valence-electron chi connectivity index (χ0n) is 13.4. The Morgan fingerprint density at radius 2 is 2.04 bits per heavy atom. The van der Waals surface area contributed by atoms with Crippen LogP contribution in [-0.2, 0) is 4.79 Å². The van der Waals surface area contributed by atoms with E-state index in [-0.39, 0.29) is 18.6 Å². The normalized spacial score (nSPS) is 16.4. The van der Waals surface area contributed by atoms with Gasteiger partial charge >= 0.3 is 0 Å². The van der Waals surface area contributed by atoms with Crippen molar-refractivity contribution in [3.8, 4) is 5.75 Å². The number of anilines is 3. The van der Waals surface area contributed by atoms with Gasteiger partial charge in [0.05, 0.1) is 18.8 Å². The Labute approximate surface area is 136 Å². The Morgan fingerprint density at radius 3 is 2.78 bits per heavy atom. The molecule has 0 fully saturated rings. The van der Waals surface area contributed by atoms with Crippen LogP contribution >= 0.6 is 0 Å². The first-order valence-electron chi connectivity index (χ1n) is 7.69. The molecule has 2 aromatic carbocycles. The van der Waals surface area contributed by atoms with Gasteiger partial charge in [-0.25, -0.2) is 0 Å². The third-order valence-corrected chi connectivity index (χ3v) is 3.80. The number of ether oxygens (including phenoxy) is 1. The Bertz CT molecular complexity index is 713. The topological polar surface area (TPSA) is 67.6 Å². The molecular formula is C18H21N3O2. The van der Waals surface area contributed by atoms with Crippen molar-refractivity contribution in [2.24, 2.45) is 0 Å². The maximum Gasteiger partial charge on any atom is 0.243 e. The van der Waals surface area contributed by atoms with Gasteiger partial charge in [0.2, 0.25) is 5.91 Å². The summed E-state index contributed by atoms with van der Waals surface area (Å²) in [5.41, 5.74) is 9.33. The largest absolute Gasteiger partial charge is 0.487 e. The lowest BCUT2D eigenvalue weighted by molar-refractivity contribution is -0.115. The minimum atomic E-state index is -0.0503. The van der Waals surface area contributed by atoms with Crippen LogP contribution in [0.3, 0.4) is 0 Å². The second-order valence-corrected chi connectivity index (χ2v) is 5.95. The standard InChI is InChI=1S/C18H21N3O2/c1-12-3-6-15(7-4-12)20-18(22)11-21-10-13(2)23-17-9-14(19)5-8-16(17)21/h3-9,13H,10-11,19H2,1-2H3,(H,20,22). The molecule has 0 saturated heterocycles. The number of nitrogens with two attached hydrogens (primary N) is 1. The van der Waals surface area contributed by atoms with E-state index in [1.54, 1.807) is 6.07 Å². The van der Waals surface area contributed by atoms with Crippen LogP contribution in [0.15, 0.2) is 42.5 Å². The Kier molecular flexibility index (Phi) is 4.10. The molecule has 0 radical (unpaired) electrons. The highest BCUT2D eigenvalue weighted by molar-refractivity contribution is 5.94. The van der Waals surface area contributed by atoms with Gasteiger partial charge in [-0.3, -0.25) is 4.79 Å². The minimum Gasteiger partial charge on any atom is -0.487 e. The van der Waals surface area contributed by atoms with E-state index in [0.29, 0.717) is 12.2 Å². The number of rotatable bonds is 3. The SMILES string of the molecule is Cc1ccc(NC(=O)CN2CC(C)Oc3cc(N)ccc32)cc1. The number of hydrogen-bond donors (Lipinski definition) is 2. The first kappa shape index (κ1) is 15.2. The van der Waals surface area contributed by atoms with Crippen molar-refractivity contribution in [1.82, 2.24) is 0 Å². The van der Waals surface area contributed by atoms with Gasteiger partial charge in [0, 0.05) is 17.4 Å².